The molecular weight excluding hydrogens is 383 g/mol. The van der Waals surface area contributed by atoms with Gasteiger partial charge in [0.15, 0.2) is 0 Å². The van der Waals surface area contributed by atoms with Gasteiger partial charge in [-0.15, -0.1) is 0 Å². The van der Waals surface area contributed by atoms with Crippen molar-refractivity contribution in [2.75, 3.05) is 19.7 Å². The first-order valence-corrected chi connectivity index (χ1v) is 10.6. The van der Waals surface area contributed by atoms with Crippen LogP contribution in [0.1, 0.15) is 30.7 Å². The van der Waals surface area contributed by atoms with E-state index >= 15 is 0 Å². The average Bonchev–Trinajstić information content (AvgIpc) is 2.69. The third-order valence-corrected chi connectivity index (χ3v) is 7.00. The van der Waals surface area contributed by atoms with Gasteiger partial charge in [-0.05, 0) is 30.0 Å². The number of hydrogen-bond donors (Lipinski definition) is 1. The molecule has 2 heterocycles. The van der Waals surface area contributed by atoms with Crippen molar-refractivity contribution in [1.29, 1.82) is 0 Å². The minimum absolute atomic E-state index is 0.0365. The fraction of sp³-hybridized carbons (Fsp3) is 0.417. The van der Waals surface area contributed by atoms with Crippen molar-refractivity contribution < 1.29 is 19.1 Å². The van der Waals surface area contributed by atoms with E-state index in [2.05, 4.69) is 0 Å². The summed E-state index contributed by atoms with van der Waals surface area (Å²) >= 11 is 0. The molecule has 2 aromatic carbocycles. The number of carbonyl (C=O) groups excluding carboxylic acids is 2. The predicted molar refractivity (Wildman–Crippen MR) is 110 cm³/mol. The molecule has 1 N–H and O–H groups in total. The lowest BCUT2D eigenvalue weighted by atomic mass is 9.73. The van der Waals surface area contributed by atoms with Crippen molar-refractivity contribution in [1.82, 2.24) is 9.80 Å². The second-order valence-electron chi connectivity index (χ2n) is 8.59. The third-order valence-electron chi connectivity index (χ3n) is 7.00. The average molecular weight is 408 g/mol. The van der Waals surface area contributed by atoms with Gasteiger partial charge in [0.2, 0.25) is 11.8 Å². The van der Waals surface area contributed by atoms with E-state index in [4.69, 9.17) is 0 Å². The van der Waals surface area contributed by atoms with Gasteiger partial charge in [0, 0.05) is 23.9 Å². The second-order valence-corrected chi connectivity index (χ2v) is 8.59. The van der Waals surface area contributed by atoms with Crippen LogP contribution < -0.4 is 0 Å². The number of aliphatic hydroxyl groups is 1. The number of fused-ring (bicyclic) bond motifs is 1. The molecule has 1 saturated carbocycles. The first-order valence-electron chi connectivity index (χ1n) is 10.6. The van der Waals surface area contributed by atoms with Gasteiger partial charge in [0.05, 0.1) is 25.2 Å². The topological polar surface area (TPSA) is 60.9 Å². The summed E-state index contributed by atoms with van der Waals surface area (Å²) in [4.78, 5) is 28.9. The van der Waals surface area contributed by atoms with E-state index in [-0.39, 0.29) is 54.7 Å². The van der Waals surface area contributed by atoms with Crippen LogP contribution >= 0.6 is 0 Å². The van der Waals surface area contributed by atoms with Crippen LogP contribution in [0.15, 0.2) is 48.5 Å². The molecule has 156 valence electrons. The molecule has 5 rings (SSSR count). The maximum atomic E-state index is 14.1. The van der Waals surface area contributed by atoms with Gasteiger partial charge in [0.1, 0.15) is 5.82 Å². The molecule has 1 aliphatic carbocycles. The van der Waals surface area contributed by atoms with E-state index in [0.717, 1.165) is 30.4 Å². The van der Waals surface area contributed by atoms with Gasteiger partial charge in [-0.3, -0.25) is 9.59 Å². The zero-order valence-electron chi connectivity index (χ0n) is 16.7. The Labute approximate surface area is 175 Å². The fourth-order valence-electron chi connectivity index (χ4n) is 5.16. The highest BCUT2D eigenvalue weighted by molar-refractivity contribution is 5.89. The van der Waals surface area contributed by atoms with E-state index in [1.54, 1.807) is 28.0 Å². The van der Waals surface area contributed by atoms with Crippen LogP contribution in [0.3, 0.4) is 0 Å². The van der Waals surface area contributed by atoms with Crippen molar-refractivity contribution in [2.24, 2.45) is 5.92 Å². The molecule has 2 saturated heterocycles. The summed E-state index contributed by atoms with van der Waals surface area (Å²) < 4.78 is 14.1. The molecule has 2 aromatic rings. The van der Waals surface area contributed by atoms with Crippen LogP contribution in [0.4, 0.5) is 4.39 Å². The fourth-order valence-corrected chi connectivity index (χ4v) is 5.16. The predicted octanol–water partition coefficient (Wildman–Crippen LogP) is 2.79. The maximum Gasteiger partial charge on any atom is 0.242 e. The molecule has 0 spiro atoms. The van der Waals surface area contributed by atoms with Crippen LogP contribution in [0.2, 0.25) is 0 Å². The SMILES string of the molecule is O=C(C1CCC1)N1CC(=O)N2[C@H](C1)[C@@H](c1ccc(-c3ccccc3F)cc1)[C@@H]2CO. The highest BCUT2D eigenvalue weighted by Gasteiger charge is 2.54. The highest BCUT2D eigenvalue weighted by atomic mass is 19.1. The van der Waals surface area contributed by atoms with Crippen molar-refractivity contribution >= 4 is 11.8 Å². The molecule has 3 atom stereocenters. The van der Waals surface area contributed by atoms with Gasteiger partial charge in [-0.25, -0.2) is 4.39 Å². The van der Waals surface area contributed by atoms with Gasteiger partial charge in [0.25, 0.3) is 0 Å². The molecular formula is C24H25FN2O3. The molecule has 30 heavy (non-hydrogen) atoms. The van der Waals surface area contributed by atoms with E-state index in [0.29, 0.717) is 12.1 Å². The summed E-state index contributed by atoms with van der Waals surface area (Å²) in [6.07, 6.45) is 2.91. The first kappa shape index (κ1) is 19.2. The largest absolute Gasteiger partial charge is 0.394 e. The minimum atomic E-state index is -0.275. The third kappa shape index (κ3) is 3.01. The number of rotatable bonds is 4. The van der Waals surface area contributed by atoms with Gasteiger partial charge in [-0.2, -0.15) is 0 Å². The van der Waals surface area contributed by atoms with Crippen molar-refractivity contribution in [2.45, 2.75) is 37.3 Å². The number of nitrogens with zero attached hydrogens (tertiary/aromatic N) is 2. The molecule has 0 aromatic heterocycles. The molecule has 2 amide bonds. The van der Waals surface area contributed by atoms with Gasteiger partial charge in [-0.1, -0.05) is 48.9 Å². The standard InChI is InChI=1S/C24H25FN2O3/c25-19-7-2-1-6-18(19)15-8-10-16(11-9-15)23-20-12-26(24(30)17-4-3-5-17)13-22(29)27(20)21(23)14-28/h1-2,6-11,17,20-21,23,28H,3-5,12-14H2/t20-,21+,23-/m1/s1. The molecule has 2 aliphatic heterocycles. The molecule has 3 aliphatic rings. The Kier molecular flexibility index (Phi) is 4.82. The van der Waals surface area contributed by atoms with E-state index < -0.39 is 0 Å². The molecule has 0 bridgehead atoms. The number of benzene rings is 2. The highest BCUT2D eigenvalue weighted by Crippen LogP contribution is 2.44. The summed E-state index contributed by atoms with van der Waals surface area (Å²) in [5.41, 5.74) is 2.33. The van der Waals surface area contributed by atoms with Crippen molar-refractivity contribution in [3.63, 3.8) is 0 Å². The normalized spacial score (nSPS) is 26.1. The number of carbonyl (C=O) groups is 2. The Bertz CT molecular complexity index is 973. The Morgan fingerprint density at radius 1 is 1.10 bits per heavy atom. The molecule has 5 nitrogen and oxygen atoms in total. The summed E-state index contributed by atoms with van der Waals surface area (Å²) in [5, 5.41) is 9.93. The van der Waals surface area contributed by atoms with Crippen molar-refractivity contribution in [3.05, 3.63) is 59.9 Å². The molecule has 6 heteroatoms. The van der Waals surface area contributed by atoms with Gasteiger partial charge < -0.3 is 14.9 Å². The van der Waals surface area contributed by atoms with Crippen LogP contribution in [-0.2, 0) is 9.59 Å². The number of halogens is 1. The Morgan fingerprint density at radius 3 is 2.47 bits per heavy atom. The van der Waals surface area contributed by atoms with E-state index in [9.17, 15) is 19.1 Å². The van der Waals surface area contributed by atoms with Crippen molar-refractivity contribution in [3.8, 4) is 11.1 Å². The second kappa shape index (κ2) is 7.51. The molecule has 3 fully saturated rings. The Balaban J connectivity index is 1.38. The number of amides is 2. The molecule has 0 unspecified atom stereocenters. The summed E-state index contributed by atoms with van der Waals surface area (Å²) in [6, 6.07) is 13.9. The van der Waals surface area contributed by atoms with Crippen LogP contribution in [0.5, 0.6) is 0 Å². The minimum Gasteiger partial charge on any atom is -0.394 e. The Morgan fingerprint density at radius 2 is 1.83 bits per heavy atom. The van der Waals surface area contributed by atoms with Crippen LogP contribution in [0, 0.1) is 11.7 Å². The lowest BCUT2D eigenvalue weighted by Gasteiger charge is -2.59. The van der Waals surface area contributed by atoms with Gasteiger partial charge >= 0.3 is 0 Å². The summed E-state index contributed by atoms with van der Waals surface area (Å²) in [5.74, 6) is -0.231. The lowest BCUT2D eigenvalue weighted by Crippen LogP contribution is -2.73. The summed E-state index contributed by atoms with van der Waals surface area (Å²) in [7, 11) is 0. The zero-order chi connectivity index (χ0) is 20.8. The smallest absolute Gasteiger partial charge is 0.242 e. The zero-order valence-corrected chi connectivity index (χ0v) is 16.7. The lowest BCUT2D eigenvalue weighted by molar-refractivity contribution is -0.169. The Hall–Kier alpha value is -2.73. The number of piperazine rings is 1. The quantitative estimate of drug-likeness (QED) is 0.846. The first-order chi connectivity index (χ1) is 14.6. The summed E-state index contributed by atoms with van der Waals surface area (Å²) in [6.45, 7) is 0.511. The number of aliphatic hydroxyl groups excluding tert-OH is 1. The molecule has 0 radical (unpaired) electrons. The van der Waals surface area contributed by atoms with E-state index in [1.165, 1.54) is 6.07 Å². The maximum absolute atomic E-state index is 14.1. The van der Waals surface area contributed by atoms with Crippen LogP contribution in [0.25, 0.3) is 11.1 Å². The van der Waals surface area contributed by atoms with Crippen LogP contribution in [-0.4, -0.2) is 58.5 Å². The monoisotopic (exact) mass is 408 g/mol. The number of hydrogen-bond acceptors (Lipinski definition) is 3. The van der Waals surface area contributed by atoms with E-state index in [1.807, 2.05) is 24.3 Å².